The highest BCUT2D eigenvalue weighted by atomic mass is 16.5. The van der Waals surface area contributed by atoms with E-state index in [-0.39, 0.29) is 5.56 Å². The second-order valence-electron chi connectivity index (χ2n) is 5.24. The molecule has 0 radical (unpaired) electrons. The molecule has 0 spiro atoms. The second-order valence-corrected chi connectivity index (χ2v) is 5.24. The van der Waals surface area contributed by atoms with Crippen molar-refractivity contribution in [3.8, 4) is 22.6 Å². The number of ether oxygens (including phenoxy) is 2. The molecule has 0 unspecified atom stereocenters. The van der Waals surface area contributed by atoms with Gasteiger partial charge in [0.15, 0.2) is 11.5 Å². The quantitative estimate of drug-likeness (QED) is 0.800. The summed E-state index contributed by atoms with van der Waals surface area (Å²) in [4.78, 5) is 11.4. The number of hydrogen-bond acceptors (Lipinski definition) is 3. The Morgan fingerprint density at radius 2 is 1.83 bits per heavy atom. The van der Waals surface area contributed by atoms with E-state index in [4.69, 9.17) is 9.47 Å². The van der Waals surface area contributed by atoms with E-state index in [0.29, 0.717) is 17.1 Å². The molecule has 0 fully saturated rings. The molecular formula is C18H17NO4. The number of hydrogen-bond donors (Lipinski definition) is 1. The molecule has 0 amide bonds. The third kappa shape index (κ3) is 2.40. The summed E-state index contributed by atoms with van der Waals surface area (Å²) in [7, 11) is 5.00. The predicted molar refractivity (Wildman–Crippen MR) is 88.4 cm³/mol. The Bertz CT molecular complexity index is 895. The average Bonchev–Trinajstić information content (AvgIpc) is 2.90. The van der Waals surface area contributed by atoms with Crippen LogP contribution in [0.3, 0.4) is 0 Å². The zero-order valence-corrected chi connectivity index (χ0v) is 13.2. The first-order valence-corrected chi connectivity index (χ1v) is 7.10. The van der Waals surface area contributed by atoms with Gasteiger partial charge in [0.2, 0.25) is 0 Å². The van der Waals surface area contributed by atoms with E-state index in [2.05, 4.69) is 0 Å². The minimum Gasteiger partial charge on any atom is -0.493 e. The molecule has 5 nitrogen and oxygen atoms in total. The SMILES string of the molecule is COc1cc(C(=O)O)cc(-c2cn(C)c3ccccc23)c1OC. The summed E-state index contributed by atoms with van der Waals surface area (Å²) >= 11 is 0. The van der Waals surface area contributed by atoms with Crippen LogP contribution in [-0.4, -0.2) is 29.9 Å². The number of nitrogens with zero attached hydrogens (tertiary/aromatic N) is 1. The molecule has 0 saturated carbocycles. The first-order valence-electron chi connectivity index (χ1n) is 7.10. The molecule has 0 aliphatic carbocycles. The topological polar surface area (TPSA) is 60.7 Å². The van der Waals surface area contributed by atoms with E-state index >= 15 is 0 Å². The van der Waals surface area contributed by atoms with Crippen LogP contribution in [0.2, 0.25) is 0 Å². The Labute approximate surface area is 133 Å². The van der Waals surface area contributed by atoms with Gasteiger partial charge < -0.3 is 19.1 Å². The van der Waals surface area contributed by atoms with Gasteiger partial charge >= 0.3 is 5.97 Å². The van der Waals surface area contributed by atoms with Crippen molar-refractivity contribution in [3.05, 3.63) is 48.2 Å². The van der Waals surface area contributed by atoms with Crippen LogP contribution in [0.25, 0.3) is 22.0 Å². The third-order valence-electron chi connectivity index (χ3n) is 3.91. The molecule has 118 valence electrons. The van der Waals surface area contributed by atoms with Crippen LogP contribution < -0.4 is 9.47 Å². The van der Waals surface area contributed by atoms with Gasteiger partial charge in [-0.05, 0) is 18.2 Å². The highest BCUT2D eigenvalue weighted by molar-refractivity contribution is 6.00. The largest absolute Gasteiger partial charge is 0.493 e. The number of aromatic carboxylic acids is 1. The van der Waals surface area contributed by atoms with Gasteiger partial charge in [-0.25, -0.2) is 4.79 Å². The minimum absolute atomic E-state index is 0.158. The van der Waals surface area contributed by atoms with Gasteiger partial charge in [-0.3, -0.25) is 0 Å². The van der Waals surface area contributed by atoms with Crippen LogP contribution in [0.1, 0.15) is 10.4 Å². The van der Waals surface area contributed by atoms with Crippen molar-refractivity contribution in [1.82, 2.24) is 4.57 Å². The number of fused-ring (bicyclic) bond motifs is 1. The molecule has 0 saturated heterocycles. The Morgan fingerprint density at radius 3 is 2.48 bits per heavy atom. The van der Waals surface area contributed by atoms with Crippen molar-refractivity contribution in [2.75, 3.05) is 14.2 Å². The third-order valence-corrected chi connectivity index (χ3v) is 3.91. The molecule has 5 heteroatoms. The fraction of sp³-hybridized carbons (Fsp3) is 0.167. The number of aromatic nitrogens is 1. The Kier molecular flexibility index (Phi) is 3.70. The lowest BCUT2D eigenvalue weighted by Gasteiger charge is -2.13. The van der Waals surface area contributed by atoms with Crippen molar-refractivity contribution in [3.63, 3.8) is 0 Å². The monoisotopic (exact) mass is 311 g/mol. The lowest BCUT2D eigenvalue weighted by Crippen LogP contribution is -2.00. The maximum Gasteiger partial charge on any atom is 0.335 e. The van der Waals surface area contributed by atoms with Crippen molar-refractivity contribution in [1.29, 1.82) is 0 Å². The fourth-order valence-electron chi connectivity index (χ4n) is 2.84. The van der Waals surface area contributed by atoms with Crippen LogP contribution in [0.5, 0.6) is 11.5 Å². The highest BCUT2D eigenvalue weighted by Gasteiger charge is 2.19. The average molecular weight is 311 g/mol. The predicted octanol–water partition coefficient (Wildman–Crippen LogP) is 3.56. The lowest BCUT2D eigenvalue weighted by atomic mass is 10.0. The molecule has 1 heterocycles. The smallest absolute Gasteiger partial charge is 0.335 e. The Hall–Kier alpha value is -2.95. The summed E-state index contributed by atoms with van der Waals surface area (Å²) < 4.78 is 12.8. The Morgan fingerprint density at radius 1 is 1.09 bits per heavy atom. The first-order chi connectivity index (χ1) is 11.1. The lowest BCUT2D eigenvalue weighted by molar-refractivity contribution is 0.0696. The molecule has 3 rings (SSSR count). The van der Waals surface area contributed by atoms with E-state index in [9.17, 15) is 9.90 Å². The number of benzene rings is 2. The van der Waals surface area contributed by atoms with Gasteiger partial charge in [-0.1, -0.05) is 18.2 Å². The molecule has 1 N–H and O–H groups in total. The molecule has 1 aromatic heterocycles. The van der Waals surface area contributed by atoms with Crippen molar-refractivity contribution in [2.24, 2.45) is 7.05 Å². The van der Waals surface area contributed by atoms with E-state index in [1.54, 1.807) is 13.2 Å². The van der Waals surface area contributed by atoms with Crippen LogP contribution in [0.4, 0.5) is 0 Å². The van der Waals surface area contributed by atoms with Crippen molar-refractivity contribution >= 4 is 16.9 Å². The standard InChI is InChI=1S/C18H17NO4/c1-19-10-14(12-6-4-5-7-15(12)19)13-8-11(18(20)21)9-16(22-2)17(13)23-3/h4-10H,1-3H3,(H,20,21). The van der Waals surface area contributed by atoms with Crippen LogP contribution in [0.15, 0.2) is 42.6 Å². The molecule has 23 heavy (non-hydrogen) atoms. The number of methoxy groups -OCH3 is 2. The summed E-state index contributed by atoms with van der Waals surface area (Å²) in [6.07, 6.45) is 1.97. The summed E-state index contributed by atoms with van der Waals surface area (Å²) in [5, 5.41) is 10.4. The van der Waals surface area contributed by atoms with Gasteiger partial charge in [0.25, 0.3) is 0 Å². The first kappa shape index (κ1) is 15.0. The Balaban J connectivity index is 2.37. The zero-order valence-electron chi connectivity index (χ0n) is 13.2. The number of aryl methyl sites for hydroxylation is 1. The number of carboxylic acids is 1. The minimum atomic E-state index is -1.01. The number of carboxylic acid groups (broad SMARTS) is 1. The molecule has 0 aliphatic heterocycles. The molecule has 0 aliphatic rings. The maximum atomic E-state index is 11.4. The molecule has 0 atom stereocenters. The van der Waals surface area contributed by atoms with Crippen LogP contribution in [-0.2, 0) is 7.05 Å². The molecule has 3 aromatic rings. The number of rotatable bonds is 4. The molecular weight excluding hydrogens is 294 g/mol. The van der Waals surface area contributed by atoms with E-state index in [1.165, 1.54) is 13.2 Å². The molecule has 2 aromatic carbocycles. The van der Waals surface area contributed by atoms with Crippen LogP contribution >= 0.6 is 0 Å². The van der Waals surface area contributed by atoms with Crippen LogP contribution in [0, 0.1) is 0 Å². The number of para-hydroxylation sites is 1. The maximum absolute atomic E-state index is 11.4. The van der Waals surface area contributed by atoms with Gasteiger partial charge in [-0.2, -0.15) is 0 Å². The normalized spacial score (nSPS) is 10.7. The van der Waals surface area contributed by atoms with Gasteiger partial charge in [0.1, 0.15) is 0 Å². The van der Waals surface area contributed by atoms with Crippen molar-refractivity contribution in [2.45, 2.75) is 0 Å². The van der Waals surface area contributed by atoms with Gasteiger partial charge in [-0.15, -0.1) is 0 Å². The summed E-state index contributed by atoms with van der Waals surface area (Å²) in [6.45, 7) is 0. The van der Waals surface area contributed by atoms with Crippen molar-refractivity contribution < 1.29 is 19.4 Å². The highest BCUT2D eigenvalue weighted by Crippen LogP contribution is 2.42. The van der Waals surface area contributed by atoms with E-state index in [0.717, 1.165) is 16.5 Å². The zero-order chi connectivity index (χ0) is 16.6. The van der Waals surface area contributed by atoms with E-state index in [1.807, 2.05) is 42.1 Å². The second kappa shape index (κ2) is 5.68. The molecule has 0 bridgehead atoms. The summed E-state index contributed by atoms with van der Waals surface area (Å²) in [6, 6.07) is 11.0. The van der Waals surface area contributed by atoms with Gasteiger partial charge in [0.05, 0.1) is 19.8 Å². The summed E-state index contributed by atoms with van der Waals surface area (Å²) in [5.41, 5.74) is 2.82. The summed E-state index contributed by atoms with van der Waals surface area (Å²) in [5.74, 6) is -0.0865. The van der Waals surface area contributed by atoms with E-state index < -0.39 is 5.97 Å². The fourth-order valence-corrected chi connectivity index (χ4v) is 2.84. The number of carbonyl (C=O) groups is 1. The van der Waals surface area contributed by atoms with Gasteiger partial charge in [0, 0.05) is 35.3 Å².